The summed E-state index contributed by atoms with van der Waals surface area (Å²) < 4.78 is 4.71. The minimum atomic E-state index is -0.609. The first-order valence-corrected chi connectivity index (χ1v) is 2.65. The second-order valence-corrected chi connectivity index (χ2v) is 2.65. The number of carbonyl (C=O) groups excluding carboxylic acids is 1. The molecule has 0 saturated carbocycles. The van der Waals surface area contributed by atoms with E-state index in [0.29, 0.717) is 0 Å². The van der Waals surface area contributed by atoms with Crippen LogP contribution in [0.2, 0.25) is 0 Å². The lowest BCUT2D eigenvalue weighted by molar-refractivity contribution is 0.0527. The van der Waals surface area contributed by atoms with Gasteiger partial charge in [0.15, 0.2) is 0 Å². The molecule has 0 radical (unpaired) electrons. The standard InChI is InChI=1S/C5H12N2O2.CH4/c1-5(2,3)9-4(8)7-6;/h6H2,1-3H3,(H,7,8);1H4. The van der Waals surface area contributed by atoms with E-state index in [1.807, 2.05) is 5.43 Å². The Kier molecular flexibility index (Phi) is 4.92. The number of hydrazine groups is 1. The van der Waals surface area contributed by atoms with E-state index in [-0.39, 0.29) is 7.43 Å². The van der Waals surface area contributed by atoms with Crippen LogP contribution in [0.25, 0.3) is 0 Å². The zero-order valence-electron chi connectivity index (χ0n) is 5.89. The molecule has 0 unspecified atom stereocenters. The molecule has 0 saturated heterocycles. The average Bonchev–Trinajstić information content (AvgIpc) is 1.62. The normalized spacial score (nSPS) is 9.60. The van der Waals surface area contributed by atoms with Gasteiger partial charge in [-0.25, -0.2) is 10.6 Å². The zero-order valence-corrected chi connectivity index (χ0v) is 5.89. The number of hydrogen-bond donors (Lipinski definition) is 2. The van der Waals surface area contributed by atoms with Crippen molar-refractivity contribution in [3.63, 3.8) is 0 Å². The molecular formula is C6H16N2O2. The molecule has 0 heterocycles. The van der Waals surface area contributed by atoms with Crippen LogP contribution in [0.3, 0.4) is 0 Å². The van der Waals surface area contributed by atoms with Crippen LogP contribution in [0.1, 0.15) is 28.2 Å². The Morgan fingerprint density at radius 3 is 2.00 bits per heavy atom. The van der Waals surface area contributed by atoms with E-state index in [0.717, 1.165) is 0 Å². The van der Waals surface area contributed by atoms with Crippen LogP contribution in [0.5, 0.6) is 0 Å². The number of carbonyl (C=O) groups is 1. The molecule has 10 heavy (non-hydrogen) atoms. The molecule has 0 bridgehead atoms. The predicted octanol–water partition coefficient (Wildman–Crippen LogP) is 1.02. The zero-order chi connectivity index (χ0) is 7.49. The third-order valence-electron chi connectivity index (χ3n) is 0.517. The van der Waals surface area contributed by atoms with Crippen LogP contribution >= 0.6 is 0 Å². The van der Waals surface area contributed by atoms with Crippen molar-refractivity contribution in [1.82, 2.24) is 5.43 Å². The molecule has 0 aromatic heterocycles. The molecule has 0 fully saturated rings. The highest BCUT2D eigenvalue weighted by molar-refractivity contribution is 5.66. The maximum atomic E-state index is 10.4. The first kappa shape index (κ1) is 12.0. The first-order chi connectivity index (χ1) is 3.95. The topological polar surface area (TPSA) is 64.3 Å². The lowest BCUT2D eigenvalue weighted by Crippen LogP contribution is -2.36. The highest BCUT2D eigenvalue weighted by Crippen LogP contribution is 2.05. The van der Waals surface area contributed by atoms with Gasteiger partial charge in [0.1, 0.15) is 5.60 Å². The average molecular weight is 148 g/mol. The molecule has 3 N–H and O–H groups in total. The Labute approximate surface area is 61.7 Å². The minimum Gasteiger partial charge on any atom is -0.443 e. The van der Waals surface area contributed by atoms with Crippen LogP contribution in [-0.4, -0.2) is 11.7 Å². The van der Waals surface area contributed by atoms with Gasteiger partial charge in [0.05, 0.1) is 0 Å². The summed E-state index contributed by atoms with van der Waals surface area (Å²) in [5.74, 6) is 4.75. The Morgan fingerprint density at radius 1 is 1.50 bits per heavy atom. The number of nitrogens with one attached hydrogen (secondary N) is 1. The third kappa shape index (κ3) is 7.23. The number of nitrogens with two attached hydrogens (primary N) is 1. The van der Waals surface area contributed by atoms with Gasteiger partial charge >= 0.3 is 6.09 Å². The van der Waals surface area contributed by atoms with Gasteiger partial charge in [0.2, 0.25) is 0 Å². The van der Waals surface area contributed by atoms with E-state index in [4.69, 9.17) is 10.6 Å². The van der Waals surface area contributed by atoms with E-state index >= 15 is 0 Å². The van der Waals surface area contributed by atoms with Crippen LogP contribution in [0, 0.1) is 0 Å². The number of amides is 1. The van der Waals surface area contributed by atoms with Crippen molar-refractivity contribution < 1.29 is 9.53 Å². The molecular weight excluding hydrogens is 132 g/mol. The summed E-state index contributed by atoms with van der Waals surface area (Å²) >= 11 is 0. The van der Waals surface area contributed by atoms with Crippen molar-refractivity contribution in [3.8, 4) is 0 Å². The maximum Gasteiger partial charge on any atom is 0.421 e. The molecule has 0 aromatic carbocycles. The molecule has 0 aromatic rings. The van der Waals surface area contributed by atoms with Gasteiger partial charge in [-0.3, -0.25) is 5.43 Å². The van der Waals surface area contributed by atoms with Gasteiger partial charge < -0.3 is 4.74 Å². The molecule has 4 heteroatoms. The van der Waals surface area contributed by atoms with Gasteiger partial charge in [-0.15, -0.1) is 0 Å². The third-order valence-corrected chi connectivity index (χ3v) is 0.517. The van der Waals surface area contributed by atoms with Crippen molar-refractivity contribution in [1.29, 1.82) is 0 Å². The largest absolute Gasteiger partial charge is 0.443 e. The maximum absolute atomic E-state index is 10.4. The van der Waals surface area contributed by atoms with Gasteiger partial charge in [-0.2, -0.15) is 0 Å². The van der Waals surface area contributed by atoms with E-state index < -0.39 is 11.7 Å². The smallest absolute Gasteiger partial charge is 0.421 e. The van der Waals surface area contributed by atoms with Crippen LogP contribution in [0.15, 0.2) is 0 Å². The van der Waals surface area contributed by atoms with Crippen LogP contribution in [0.4, 0.5) is 4.79 Å². The van der Waals surface area contributed by atoms with E-state index in [1.54, 1.807) is 20.8 Å². The number of hydrogen-bond acceptors (Lipinski definition) is 3. The summed E-state index contributed by atoms with van der Waals surface area (Å²) in [6.45, 7) is 5.30. The molecule has 0 atom stereocenters. The molecule has 0 aliphatic rings. The molecule has 0 spiro atoms. The molecule has 62 valence electrons. The van der Waals surface area contributed by atoms with Crippen molar-refractivity contribution in [2.75, 3.05) is 0 Å². The SMILES string of the molecule is C.CC(C)(C)OC(=O)NN. The Bertz CT molecular complexity index is 107. The van der Waals surface area contributed by atoms with Crippen LogP contribution in [-0.2, 0) is 4.74 Å². The van der Waals surface area contributed by atoms with Gasteiger partial charge in [0, 0.05) is 0 Å². The monoisotopic (exact) mass is 148 g/mol. The van der Waals surface area contributed by atoms with Crippen molar-refractivity contribution in [2.45, 2.75) is 33.8 Å². The van der Waals surface area contributed by atoms with Gasteiger partial charge in [0.25, 0.3) is 0 Å². The number of ether oxygens (including phenoxy) is 1. The van der Waals surface area contributed by atoms with Gasteiger partial charge in [-0.05, 0) is 20.8 Å². The summed E-state index contributed by atoms with van der Waals surface area (Å²) in [5, 5.41) is 0. The van der Waals surface area contributed by atoms with Crippen molar-refractivity contribution >= 4 is 6.09 Å². The van der Waals surface area contributed by atoms with Crippen molar-refractivity contribution in [3.05, 3.63) is 0 Å². The van der Waals surface area contributed by atoms with Crippen molar-refractivity contribution in [2.24, 2.45) is 5.84 Å². The fraction of sp³-hybridized carbons (Fsp3) is 0.833. The summed E-state index contributed by atoms with van der Waals surface area (Å²) in [7, 11) is 0. The fourth-order valence-corrected chi connectivity index (χ4v) is 0.308. The molecule has 0 aliphatic heterocycles. The second kappa shape index (κ2) is 4.11. The minimum absolute atomic E-state index is 0. The second-order valence-electron chi connectivity index (χ2n) is 2.65. The summed E-state index contributed by atoms with van der Waals surface area (Å²) in [6, 6.07) is 0. The van der Waals surface area contributed by atoms with Crippen LogP contribution < -0.4 is 11.3 Å². The molecule has 1 amide bonds. The first-order valence-electron chi connectivity index (χ1n) is 2.65. The van der Waals surface area contributed by atoms with E-state index in [2.05, 4.69) is 0 Å². The van der Waals surface area contributed by atoms with E-state index in [1.165, 1.54) is 0 Å². The predicted molar refractivity (Wildman–Crippen MR) is 40.3 cm³/mol. The quantitative estimate of drug-likeness (QED) is 0.306. The highest BCUT2D eigenvalue weighted by atomic mass is 16.6. The van der Waals surface area contributed by atoms with Gasteiger partial charge in [-0.1, -0.05) is 7.43 Å². The summed E-state index contributed by atoms with van der Waals surface area (Å²) in [5.41, 5.74) is 1.39. The Morgan fingerprint density at radius 2 is 1.90 bits per heavy atom. The fourth-order valence-electron chi connectivity index (χ4n) is 0.308. The lowest BCUT2D eigenvalue weighted by Gasteiger charge is -2.18. The number of rotatable bonds is 0. The Balaban J connectivity index is 0. The summed E-state index contributed by atoms with van der Waals surface area (Å²) in [4.78, 5) is 10.4. The Hall–Kier alpha value is -0.770. The molecule has 4 nitrogen and oxygen atoms in total. The summed E-state index contributed by atoms with van der Waals surface area (Å²) in [6.07, 6.45) is -0.609. The lowest BCUT2D eigenvalue weighted by atomic mass is 10.2. The highest BCUT2D eigenvalue weighted by Gasteiger charge is 2.14. The molecule has 0 rings (SSSR count). The molecule has 0 aliphatic carbocycles. The van der Waals surface area contributed by atoms with E-state index in [9.17, 15) is 4.79 Å².